The predicted octanol–water partition coefficient (Wildman–Crippen LogP) is 6.02. The molecule has 0 unspecified atom stereocenters. The molecule has 0 radical (unpaired) electrons. The maximum Gasteiger partial charge on any atom is 0.198 e. The van der Waals surface area contributed by atoms with Gasteiger partial charge in [-0.15, -0.1) is 6.58 Å². The number of hydrogen-bond acceptors (Lipinski definition) is 3. The molecule has 0 amide bonds. The van der Waals surface area contributed by atoms with E-state index < -0.39 is 0 Å². The summed E-state index contributed by atoms with van der Waals surface area (Å²) >= 11 is 0. The number of ketones is 2. The van der Waals surface area contributed by atoms with Gasteiger partial charge in [0, 0.05) is 16.7 Å². The zero-order valence-corrected chi connectivity index (χ0v) is 16.4. The zero-order chi connectivity index (χ0) is 19.9. The third kappa shape index (κ3) is 4.24. The number of phenolic OH excluding ortho intramolecular Hbond substituents is 1. The van der Waals surface area contributed by atoms with E-state index in [1.54, 1.807) is 36.4 Å². The Morgan fingerprint density at radius 3 is 2.04 bits per heavy atom. The van der Waals surface area contributed by atoms with E-state index in [4.69, 9.17) is 0 Å². The largest absolute Gasteiger partial charge is 0.507 e. The van der Waals surface area contributed by atoms with Gasteiger partial charge >= 0.3 is 0 Å². The molecule has 0 aliphatic heterocycles. The minimum Gasteiger partial charge on any atom is -0.507 e. The number of phenols is 1. The van der Waals surface area contributed by atoms with Crippen LogP contribution >= 0.6 is 0 Å². The van der Waals surface area contributed by atoms with E-state index in [9.17, 15) is 14.7 Å². The van der Waals surface area contributed by atoms with Gasteiger partial charge in [-0.05, 0) is 37.3 Å². The molecular formula is C25H28O3. The second kappa shape index (κ2) is 9.50. The summed E-state index contributed by atoms with van der Waals surface area (Å²) < 4.78 is 0. The Hall–Kier alpha value is -2.68. The van der Waals surface area contributed by atoms with Gasteiger partial charge in [-0.2, -0.15) is 0 Å². The van der Waals surface area contributed by atoms with Crippen molar-refractivity contribution < 1.29 is 14.7 Å². The Bertz CT molecular complexity index is 879. The van der Waals surface area contributed by atoms with Crippen molar-refractivity contribution in [2.24, 2.45) is 0 Å². The average molecular weight is 376 g/mol. The lowest BCUT2D eigenvalue weighted by atomic mass is 9.82. The van der Waals surface area contributed by atoms with Gasteiger partial charge in [-0.25, -0.2) is 0 Å². The van der Waals surface area contributed by atoms with Crippen LogP contribution in [0.2, 0.25) is 0 Å². The van der Waals surface area contributed by atoms with Crippen LogP contribution in [0.3, 0.4) is 0 Å². The number of carbonyl (C=O) groups is 2. The standard InChI is InChI=1S/C25H28O3/c1-2-3-4-5-6-7-8-9-10-13-18-16-17-21-22(23(18)26)25(28)20-15-12-11-14-19(20)24(21)27/h2,11-12,14-17,26H,1,3-10,13H2. The lowest BCUT2D eigenvalue weighted by molar-refractivity contribution is 0.0976. The highest BCUT2D eigenvalue weighted by molar-refractivity contribution is 6.29. The number of rotatable bonds is 10. The minimum atomic E-state index is -0.260. The van der Waals surface area contributed by atoms with E-state index in [2.05, 4.69) is 6.58 Å². The Morgan fingerprint density at radius 1 is 0.750 bits per heavy atom. The normalized spacial score (nSPS) is 12.6. The van der Waals surface area contributed by atoms with Gasteiger partial charge in [0.25, 0.3) is 0 Å². The van der Waals surface area contributed by atoms with Crippen LogP contribution in [-0.2, 0) is 6.42 Å². The smallest absolute Gasteiger partial charge is 0.198 e. The van der Waals surface area contributed by atoms with Gasteiger partial charge in [-0.1, -0.05) is 68.5 Å². The summed E-state index contributed by atoms with van der Waals surface area (Å²) in [6.45, 7) is 3.74. The third-order valence-corrected chi connectivity index (χ3v) is 5.50. The summed E-state index contributed by atoms with van der Waals surface area (Å²) in [5.41, 5.74) is 2.03. The summed E-state index contributed by atoms with van der Waals surface area (Å²) in [5, 5.41) is 10.7. The van der Waals surface area contributed by atoms with E-state index in [0.717, 1.165) is 31.2 Å². The quantitative estimate of drug-likeness (QED) is 0.348. The van der Waals surface area contributed by atoms with Crippen molar-refractivity contribution in [1.29, 1.82) is 0 Å². The molecule has 0 heterocycles. The molecule has 1 aliphatic rings. The third-order valence-electron chi connectivity index (χ3n) is 5.50. The molecule has 0 spiro atoms. The van der Waals surface area contributed by atoms with E-state index in [0.29, 0.717) is 16.7 Å². The first-order chi connectivity index (χ1) is 13.6. The molecule has 3 heteroatoms. The molecule has 2 aromatic rings. The van der Waals surface area contributed by atoms with Crippen LogP contribution in [-0.4, -0.2) is 16.7 Å². The summed E-state index contributed by atoms with van der Waals surface area (Å²) in [6, 6.07) is 10.3. The highest BCUT2D eigenvalue weighted by Gasteiger charge is 2.32. The van der Waals surface area contributed by atoms with E-state index in [1.807, 2.05) is 6.08 Å². The average Bonchev–Trinajstić information content (AvgIpc) is 2.71. The molecule has 3 rings (SSSR count). The molecule has 0 fully saturated rings. The number of hydrogen-bond donors (Lipinski definition) is 1. The number of aromatic hydroxyl groups is 1. The summed E-state index contributed by atoms with van der Waals surface area (Å²) in [6.07, 6.45) is 12.0. The van der Waals surface area contributed by atoms with Gasteiger partial charge in [0.2, 0.25) is 0 Å². The van der Waals surface area contributed by atoms with Gasteiger partial charge < -0.3 is 5.11 Å². The second-order valence-corrected chi connectivity index (χ2v) is 7.50. The van der Waals surface area contributed by atoms with Crippen molar-refractivity contribution in [1.82, 2.24) is 0 Å². The van der Waals surface area contributed by atoms with Crippen molar-refractivity contribution in [2.75, 3.05) is 0 Å². The Balaban J connectivity index is 1.59. The predicted molar refractivity (Wildman–Crippen MR) is 112 cm³/mol. The first-order valence-corrected chi connectivity index (χ1v) is 10.3. The SMILES string of the molecule is C=CCCCCCCCCCc1ccc2c(c1O)C(=O)c1ccccc1C2=O. The molecule has 1 N–H and O–H groups in total. The molecule has 0 atom stereocenters. The van der Waals surface area contributed by atoms with Crippen LogP contribution in [0.5, 0.6) is 5.75 Å². The number of allylic oxidation sites excluding steroid dienone is 1. The Labute approximate surface area is 167 Å². The Kier molecular flexibility index (Phi) is 6.80. The molecule has 0 aromatic heterocycles. The van der Waals surface area contributed by atoms with Crippen LogP contribution < -0.4 is 0 Å². The molecule has 146 valence electrons. The van der Waals surface area contributed by atoms with Crippen molar-refractivity contribution in [2.45, 2.75) is 57.8 Å². The van der Waals surface area contributed by atoms with E-state index >= 15 is 0 Å². The molecular weight excluding hydrogens is 348 g/mol. The summed E-state index contributed by atoms with van der Waals surface area (Å²) in [7, 11) is 0. The number of fused-ring (bicyclic) bond motifs is 2. The van der Waals surface area contributed by atoms with Crippen LogP contribution in [0, 0.1) is 0 Å². The van der Waals surface area contributed by atoms with Gasteiger partial charge in [0.15, 0.2) is 11.6 Å². The number of carbonyl (C=O) groups excluding carboxylic acids is 2. The van der Waals surface area contributed by atoms with Crippen LogP contribution in [0.25, 0.3) is 0 Å². The molecule has 0 bridgehead atoms. The number of benzene rings is 2. The molecule has 3 nitrogen and oxygen atoms in total. The minimum absolute atomic E-state index is 0.0187. The van der Waals surface area contributed by atoms with Crippen molar-refractivity contribution in [3.63, 3.8) is 0 Å². The van der Waals surface area contributed by atoms with Gasteiger partial charge in [0.1, 0.15) is 5.75 Å². The molecule has 28 heavy (non-hydrogen) atoms. The monoisotopic (exact) mass is 376 g/mol. The highest BCUT2D eigenvalue weighted by Crippen LogP contribution is 2.35. The molecule has 0 saturated heterocycles. The second-order valence-electron chi connectivity index (χ2n) is 7.50. The van der Waals surface area contributed by atoms with Crippen molar-refractivity contribution in [3.8, 4) is 5.75 Å². The topological polar surface area (TPSA) is 54.4 Å². The van der Waals surface area contributed by atoms with Crippen molar-refractivity contribution in [3.05, 3.63) is 76.9 Å². The fourth-order valence-electron chi connectivity index (χ4n) is 3.90. The van der Waals surface area contributed by atoms with Crippen LogP contribution in [0.4, 0.5) is 0 Å². The maximum atomic E-state index is 12.8. The molecule has 1 aliphatic carbocycles. The highest BCUT2D eigenvalue weighted by atomic mass is 16.3. The van der Waals surface area contributed by atoms with Crippen LogP contribution in [0.15, 0.2) is 49.1 Å². The maximum absolute atomic E-state index is 12.8. The first kappa shape index (κ1) is 20.1. The summed E-state index contributed by atoms with van der Waals surface area (Å²) in [5.74, 6) is -0.470. The van der Waals surface area contributed by atoms with Gasteiger partial charge in [0.05, 0.1) is 5.56 Å². The van der Waals surface area contributed by atoms with Crippen molar-refractivity contribution >= 4 is 11.6 Å². The molecule has 2 aromatic carbocycles. The number of aryl methyl sites for hydroxylation is 1. The van der Waals surface area contributed by atoms with E-state index in [1.165, 1.54) is 32.1 Å². The fraction of sp³-hybridized carbons (Fsp3) is 0.360. The van der Waals surface area contributed by atoms with E-state index in [-0.39, 0.29) is 22.9 Å². The summed E-state index contributed by atoms with van der Waals surface area (Å²) in [4.78, 5) is 25.5. The first-order valence-electron chi connectivity index (χ1n) is 10.3. The fourth-order valence-corrected chi connectivity index (χ4v) is 3.90. The lowest BCUT2D eigenvalue weighted by Gasteiger charge is -2.19. The van der Waals surface area contributed by atoms with Crippen LogP contribution in [0.1, 0.15) is 88.8 Å². The lowest BCUT2D eigenvalue weighted by Crippen LogP contribution is -2.21. The zero-order valence-electron chi connectivity index (χ0n) is 16.4. The molecule has 0 saturated carbocycles. The van der Waals surface area contributed by atoms with Gasteiger partial charge in [-0.3, -0.25) is 9.59 Å². The number of unbranched alkanes of at least 4 members (excludes halogenated alkanes) is 7. The Morgan fingerprint density at radius 2 is 1.36 bits per heavy atom.